The highest BCUT2D eigenvalue weighted by Crippen LogP contribution is 2.29. The first-order valence-electron chi connectivity index (χ1n) is 9.58. The average Bonchev–Trinajstić information content (AvgIpc) is 3.27. The summed E-state index contributed by atoms with van der Waals surface area (Å²) in [5.41, 5.74) is 2.15. The first-order valence-corrected chi connectivity index (χ1v) is 9.58. The molecule has 0 amide bonds. The van der Waals surface area contributed by atoms with Crippen LogP contribution in [0.5, 0.6) is 0 Å². The van der Waals surface area contributed by atoms with Gasteiger partial charge in [-0.3, -0.25) is 0 Å². The molecule has 0 aliphatic carbocycles. The Bertz CT molecular complexity index is 932. The molecule has 2 aromatic carbocycles. The molecule has 0 radical (unpaired) electrons. The predicted molar refractivity (Wildman–Crippen MR) is 109 cm³/mol. The monoisotopic (exact) mass is 416 g/mol. The molecule has 158 valence electrons. The minimum absolute atomic E-state index is 0.493. The van der Waals surface area contributed by atoms with Gasteiger partial charge in [-0.25, -0.2) is 14.7 Å². The van der Waals surface area contributed by atoms with E-state index in [0.29, 0.717) is 32.0 Å². The van der Waals surface area contributed by atoms with Crippen LogP contribution in [0.1, 0.15) is 23.6 Å². The predicted octanol–water partition coefficient (Wildman–Crippen LogP) is 3.58. The molecule has 1 heterocycles. The van der Waals surface area contributed by atoms with Crippen LogP contribution in [0, 0.1) is 0 Å². The van der Waals surface area contributed by atoms with Crippen LogP contribution in [0.2, 0.25) is 0 Å². The number of nitrogens with zero attached hydrogens (tertiary/aromatic N) is 4. The Morgan fingerprint density at radius 3 is 2.30 bits per heavy atom. The van der Waals surface area contributed by atoms with Crippen LogP contribution in [-0.4, -0.2) is 33.8 Å². The highest BCUT2D eigenvalue weighted by Gasteiger charge is 2.29. The number of hydrogen-bond donors (Lipinski definition) is 2. The molecule has 0 atom stereocenters. The van der Waals surface area contributed by atoms with Gasteiger partial charge in [0.25, 0.3) is 0 Å². The molecule has 9 heteroatoms. The normalized spacial score (nSPS) is 12.1. The zero-order valence-corrected chi connectivity index (χ0v) is 16.5. The number of rotatable bonds is 7. The van der Waals surface area contributed by atoms with Crippen molar-refractivity contribution in [2.24, 2.45) is 4.99 Å². The third-order valence-corrected chi connectivity index (χ3v) is 4.37. The molecule has 0 saturated heterocycles. The average molecular weight is 416 g/mol. The van der Waals surface area contributed by atoms with E-state index in [0.717, 1.165) is 28.9 Å². The van der Waals surface area contributed by atoms with Gasteiger partial charge in [-0.05, 0) is 48.7 Å². The molecule has 0 aliphatic heterocycles. The molecule has 3 rings (SSSR count). The molecular weight excluding hydrogens is 393 g/mol. The zero-order valence-electron chi connectivity index (χ0n) is 16.5. The largest absolute Gasteiger partial charge is 0.416 e. The molecular formula is C21H23F3N6. The van der Waals surface area contributed by atoms with Crippen LogP contribution >= 0.6 is 0 Å². The maximum atomic E-state index is 12.6. The summed E-state index contributed by atoms with van der Waals surface area (Å²) in [5, 5.41) is 10.5. The maximum absolute atomic E-state index is 12.6. The van der Waals surface area contributed by atoms with E-state index in [1.807, 2.05) is 31.2 Å². The second-order valence-electron chi connectivity index (χ2n) is 6.57. The number of nitrogens with one attached hydrogen (secondary N) is 2. The Kier molecular flexibility index (Phi) is 7.05. The third kappa shape index (κ3) is 6.07. The Labute approximate surface area is 172 Å². The number of halogens is 3. The van der Waals surface area contributed by atoms with Crippen molar-refractivity contribution in [1.82, 2.24) is 25.4 Å². The van der Waals surface area contributed by atoms with Crippen molar-refractivity contribution in [3.05, 3.63) is 77.9 Å². The smallest absolute Gasteiger partial charge is 0.357 e. The highest BCUT2D eigenvalue weighted by molar-refractivity contribution is 5.79. The van der Waals surface area contributed by atoms with Gasteiger partial charge in [-0.2, -0.15) is 18.3 Å². The molecule has 0 spiro atoms. The number of aromatic nitrogens is 3. The fourth-order valence-electron chi connectivity index (χ4n) is 2.79. The molecule has 0 unspecified atom stereocenters. The molecule has 30 heavy (non-hydrogen) atoms. The number of benzene rings is 2. The zero-order chi connectivity index (χ0) is 21.4. The topological polar surface area (TPSA) is 67.1 Å². The first-order chi connectivity index (χ1) is 14.5. The van der Waals surface area contributed by atoms with Gasteiger partial charge in [-0.15, -0.1) is 0 Å². The third-order valence-electron chi connectivity index (χ3n) is 4.37. The van der Waals surface area contributed by atoms with Gasteiger partial charge in [0.2, 0.25) is 0 Å². The lowest BCUT2D eigenvalue weighted by atomic mass is 10.1. The highest BCUT2D eigenvalue weighted by atomic mass is 19.4. The molecule has 0 aliphatic rings. The molecule has 0 bridgehead atoms. The summed E-state index contributed by atoms with van der Waals surface area (Å²) in [5.74, 6) is 0.657. The molecule has 2 N–H and O–H groups in total. The van der Waals surface area contributed by atoms with Crippen LogP contribution in [0.3, 0.4) is 0 Å². The van der Waals surface area contributed by atoms with Gasteiger partial charge in [0.1, 0.15) is 12.7 Å². The van der Waals surface area contributed by atoms with Gasteiger partial charge < -0.3 is 10.6 Å². The molecule has 3 aromatic rings. The summed E-state index contributed by atoms with van der Waals surface area (Å²) >= 11 is 0. The maximum Gasteiger partial charge on any atom is 0.416 e. The van der Waals surface area contributed by atoms with Crippen LogP contribution in [-0.2, 0) is 19.1 Å². The molecule has 0 fully saturated rings. The van der Waals surface area contributed by atoms with E-state index >= 15 is 0 Å². The van der Waals surface area contributed by atoms with Crippen molar-refractivity contribution in [3.63, 3.8) is 0 Å². The van der Waals surface area contributed by atoms with Crippen LogP contribution < -0.4 is 10.6 Å². The van der Waals surface area contributed by atoms with E-state index in [1.165, 1.54) is 18.5 Å². The molecule has 0 saturated carbocycles. The van der Waals surface area contributed by atoms with Crippen LogP contribution in [0.15, 0.2) is 66.2 Å². The summed E-state index contributed by atoms with van der Waals surface area (Å²) in [4.78, 5) is 8.49. The Morgan fingerprint density at radius 1 is 1.00 bits per heavy atom. The van der Waals surface area contributed by atoms with Gasteiger partial charge in [0.15, 0.2) is 5.96 Å². The van der Waals surface area contributed by atoms with Crippen LogP contribution in [0.25, 0.3) is 5.69 Å². The summed E-state index contributed by atoms with van der Waals surface area (Å²) in [6.45, 7) is 3.73. The number of alkyl halides is 3. The second kappa shape index (κ2) is 9.91. The number of aliphatic imine (C=N–C) groups is 1. The van der Waals surface area contributed by atoms with Gasteiger partial charge >= 0.3 is 6.18 Å². The summed E-state index contributed by atoms with van der Waals surface area (Å²) in [6, 6.07) is 13.1. The van der Waals surface area contributed by atoms with E-state index in [2.05, 4.69) is 25.7 Å². The fourth-order valence-corrected chi connectivity index (χ4v) is 2.79. The second-order valence-corrected chi connectivity index (χ2v) is 6.57. The SMILES string of the molecule is CCNC(=NCc1ccc(-n2cncn2)cc1)NCCc1ccc(C(F)(F)F)cc1. The lowest BCUT2D eigenvalue weighted by Gasteiger charge is -2.12. The van der Waals surface area contributed by atoms with Gasteiger partial charge in [0.05, 0.1) is 17.8 Å². The van der Waals surface area contributed by atoms with E-state index in [4.69, 9.17) is 0 Å². The number of hydrogen-bond acceptors (Lipinski definition) is 3. The summed E-state index contributed by atoms with van der Waals surface area (Å²) in [7, 11) is 0. The Balaban J connectivity index is 1.53. The molecule has 6 nitrogen and oxygen atoms in total. The van der Waals surface area contributed by atoms with Crippen molar-refractivity contribution < 1.29 is 13.2 Å². The van der Waals surface area contributed by atoms with Crippen molar-refractivity contribution in [2.45, 2.75) is 26.1 Å². The Hall–Kier alpha value is -3.36. The minimum atomic E-state index is -4.31. The fraction of sp³-hybridized carbons (Fsp3) is 0.286. The van der Waals surface area contributed by atoms with Crippen molar-refractivity contribution in [3.8, 4) is 5.69 Å². The standard InChI is InChI=1S/C21H23F3N6/c1-2-26-20(27-12-11-16-3-7-18(8-4-16)21(22,23)24)28-13-17-5-9-19(10-6-17)30-15-25-14-29-30/h3-10,14-15H,2,11-13H2,1H3,(H2,26,27,28). The summed E-state index contributed by atoms with van der Waals surface area (Å²) in [6.07, 6.45) is -0.599. The van der Waals surface area contributed by atoms with E-state index in [9.17, 15) is 13.2 Å². The van der Waals surface area contributed by atoms with E-state index in [1.54, 1.807) is 11.0 Å². The van der Waals surface area contributed by atoms with E-state index in [-0.39, 0.29) is 0 Å². The van der Waals surface area contributed by atoms with Crippen molar-refractivity contribution >= 4 is 5.96 Å². The lowest BCUT2D eigenvalue weighted by Crippen LogP contribution is -2.38. The lowest BCUT2D eigenvalue weighted by molar-refractivity contribution is -0.137. The van der Waals surface area contributed by atoms with Gasteiger partial charge in [0, 0.05) is 13.1 Å². The molecule has 1 aromatic heterocycles. The Morgan fingerprint density at radius 2 is 1.70 bits per heavy atom. The van der Waals surface area contributed by atoms with E-state index < -0.39 is 11.7 Å². The number of guanidine groups is 1. The van der Waals surface area contributed by atoms with Crippen LogP contribution in [0.4, 0.5) is 13.2 Å². The van der Waals surface area contributed by atoms with Crippen molar-refractivity contribution in [2.75, 3.05) is 13.1 Å². The first kappa shape index (κ1) is 21.4. The van der Waals surface area contributed by atoms with Crippen molar-refractivity contribution in [1.29, 1.82) is 0 Å². The quantitative estimate of drug-likeness (QED) is 0.456. The summed E-state index contributed by atoms with van der Waals surface area (Å²) < 4.78 is 39.6. The minimum Gasteiger partial charge on any atom is -0.357 e. The van der Waals surface area contributed by atoms with Gasteiger partial charge in [-0.1, -0.05) is 24.3 Å².